The molecule has 1 aromatic heterocycles. The van der Waals surface area contributed by atoms with E-state index in [9.17, 15) is 17.6 Å². The van der Waals surface area contributed by atoms with Gasteiger partial charge in [0.2, 0.25) is 0 Å². The number of carbonyl (C=O) groups is 1. The van der Waals surface area contributed by atoms with Gasteiger partial charge in [-0.2, -0.15) is 0 Å². The van der Waals surface area contributed by atoms with E-state index in [1.807, 2.05) is 18.2 Å². The highest BCUT2D eigenvalue weighted by molar-refractivity contribution is 7.91. The standard InChI is InChI=1S/C21H24FN3O3S/c1-15-12-18(16-2-5-19(22)6-3-16)14-25(15)20-7-4-17(13-23-20)21(26)24-8-10-29(27,28)11-9-24/h2-7,13,15,18H,8-12,14H2,1H3. The number of halogens is 1. The second kappa shape index (κ2) is 7.74. The molecule has 8 heteroatoms. The monoisotopic (exact) mass is 417 g/mol. The summed E-state index contributed by atoms with van der Waals surface area (Å²) in [5.74, 6) is 0.729. The lowest BCUT2D eigenvalue weighted by atomic mass is 9.97. The van der Waals surface area contributed by atoms with Crippen LogP contribution >= 0.6 is 0 Å². The minimum absolute atomic E-state index is 0.0142. The predicted octanol–water partition coefficient (Wildman–Crippen LogP) is 2.47. The zero-order chi connectivity index (χ0) is 20.6. The molecule has 2 aliphatic rings. The van der Waals surface area contributed by atoms with E-state index in [1.54, 1.807) is 17.2 Å². The van der Waals surface area contributed by atoms with E-state index >= 15 is 0 Å². The number of sulfone groups is 1. The van der Waals surface area contributed by atoms with Crippen molar-refractivity contribution in [3.8, 4) is 0 Å². The minimum Gasteiger partial charge on any atom is -0.353 e. The van der Waals surface area contributed by atoms with Crippen LogP contribution in [0.3, 0.4) is 0 Å². The Hall–Kier alpha value is -2.48. The molecular formula is C21H24FN3O3S. The van der Waals surface area contributed by atoms with E-state index in [4.69, 9.17) is 0 Å². The van der Waals surface area contributed by atoms with Gasteiger partial charge in [-0.15, -0.1) is 0 Å². The molecule has 0 radical (unpaired) electrons. The van der Waals surface area contributed by atoms with Gasteiger partial charge in [-0.25, -0.2) is 17.8 Å². The molecule has 0 N–H and O–H groups in total. The van der Waals surface area contributed by atoms with Crippen LogP contribution in [-0.2, 0) is 9.84 Å². The molecule has 1 aromatic carbocycles. The number of amides is 1. The van der Waals surface area contributed by atoms with E-state index in [2.05, 4.69) is 16.8 Å². The maximum absolute atomic E-state index is 13.2. The summed E-state index contributed by atoms with van der Waals surface area (Å²) in [7, 11) is -3.02. The van der Waals surface area contributed by atoms with E-state index < -0.39 is 9.84 Å². The molecule has 0 spiro atoms. The molecule has 2 atom stereocenters. The molecule has 29 heavy (non-hydrogen) atoms. The highest BCUT2D eigenvalue weighted by Crippen LogP contribution is 2.34. The molecule has 0 aliphatic carbocycles. The number of aromatic nitrogens is 1. The fraction of sp³-hybridized carbons (Fsp3) is 0.429. The Morgan fingerprint density at radius 2 is 1.79 bits per heavy atom. The van der Waals surface area contributed by atoms with E-state index in [0.717, 1.165) is 24.3 Å². The van der Waals surface area contributed by atoms with E-state index in [1.165, 1.54) is 12.1 Å². The van der Waals surface area contributed by atoms with Gasteiger partial charge in [-0.3, -0.25) is 4.79 Å². The summed E-state index contributed by atoms with van der Waals surface area (Å²) in [6, 6.07) is 10.5. The molecule has 1 amide bonds. The van der Waals surface area contributed by atoms with Crippen LogP contribution in [0.25, 0.3) is 0 Å². The summed E-state index contributed by atoms with van der Waals surface area (Å²) in [6.45, 7) is 3.38. The number of benzene rings is 1. The summed E-state index contributed by atoms with van der Waals surface area (Å²) in [4.78, 5) is 20.9. The number of nitrogens with zero attached hydrogens (tertiary/aromatic N) is 3. The van der Waals surface area contributed by atoms with Gasteiger partial charge >= 0.3 is 0 Å². The van der Waals surface area contributed by atoms with Gasteiger partial charge < -0.3 is 9.80 Å². The van der Waals surface area contributed by atoms with Crippen molar-refractivity contribution in [2.24, 2.45) is 0 Å². The number of carbonyl (C=O) groups excluding carboxylic acids is 1. The lowest BCUT2D eigenvalue weighted by Crippen LogP contribution is -2.43. The first-order valence-corrected chi connectivity index (χ1v) is 11.6. The molecule has 2 saturated heterocycles. The first-order valence-electron chi connectivity index (χ1n) is 9.80. The largest absolute Gasteiger partial charge is 0.353 e. The molecule has 2 fully saturated rings. The maximum atomic E-state index is 13.2. The second-order valence-electron chi connectivity index (χ2n) is 7.83. The Morgan fingerprint density at radius 1 is 1.10 bits per heavy atom. The Labute approximate surface area is 170 Å². The molecule has 4 rings (SSSR count). The van der Waals surface area contributed by atoms with Crippen LogP contribution in [0.4, 0.5) is 10.2 Å². The predicted molar refractivity (Wildman–Crippen MR) is 109 cm³/mol. The van der Waals surface area contributed by atoms with E-state index in [-0.39, 0.29) is 42.4 Å². The van der Waals surface area contributed by atoms with Crippen molar-refractivity contribution >= 4 is 21.6 Å². The average molecular weight is 418 g/mol. The van der Waals surface area contributed by atoms with Gasteiger partial charge in [-0.05, 0) is 43.2 Å². The Balaban J connectivity index is 1.43. The van der Waals surface area contributed by atoms with Crippen molar-refractivity contribution in [1.29, 1.82) is 0 Å². The van der Waals surface area contributed by atoms with Crippen LogP contribution in [0, 0.1) is 5.82 Å². The number of pyridine rings is 1. The number of hydrogen-bond acceptors (Lipinski definition) is 5. The quantitative estimate of drug-likeness (QED) is 0.767. The lowest BCUT2D eigenvalue weighted by molar-refractivity contribution is 0.0770. The van der Waals surface area contributed by atoms with Crippen LogP contribution < -0.4 is 4.90 Å². The third-order valence-corrected chi connectivity index (χ3v) is 7.45. The number of anilines is 1. The van der Waals surface area contributed by atoms with Crippen LogP contribution in [0.15, 0.2) is 42.6 Å². The van der Waals surface area contributed by atoms with Crippen LogP contribution in [0.2, 0.25) is 0 Å². The number of rotatable bonds is 3. The van der Waals surface area contributed by atoms with Crippen molar-refractivity contribution in [2.75, 3.05) is 36.0 Å². The zero-order valence-corrected chi connectivity index (χ0v) is 17.1. The summed E-state index contributed by atoms with van der Waals surface area (Å²) in [5.41, 5.74) is 1.59. The smallest absolute Gasteiger partial charge is 0.255 e. The highest BCUT2D eigenvalue weighted by atomic mass is 32.2. The summed E-state index contributed by atoms with van der Waals surface area (Å²) in [6.07, 6.45) is 2.52. The van der Waals surface area contributed by atoms with Crippen molar-refractivity contribution in [1.82, 2.24) is 9.88 Å². The topological polar surface area (TPSA) is 70.6 Å². The number of hydrogen-bond donors (Lipinski definition) is 0. The van der Waals surface area contributed by atoms with Crippen LogP contribution in [-0.4, -0.2) is 61.4 Å². The molecule has 2 aliphatic heterocycles. The molecule has 0 saturated carbocycles. The normalized spacial score (nSPS) is 23.9. The van der Waals surface area contributed by atoms with Crippen molar-refractivity contribution in [3.05, 3.63) is 59.5 Å². The lowest BCUT2D eigenvalue weighted by Gasteiger charge is -2.27. The fourth-order valence-electron chi connectivity index (χ4n) is 4.11. The van der Waals surface area contributed by atoms with Gasteiger partial charge in [0.1, 0.15) is 11.6 Å². The first kappa shape index (κ1) is 19.8. The third kappa shape index (κ3) is 4.27. The summed E-state index contributed by atoms with van der Waals surface area (Å²) >= 11 is 0. The first-order chi connectivity index (χ1) is 13.8. The molecule has 154 valence electrons. The van der Waals surface area contributed by atoms with Crippen molar-refractivity contribution < 1.29 is 17.6 Å². The maximum Gasteiger partial charge on any atom is 0.255 e. The molecule has 2 unspecified atom stereocenters. The van der Waals surface area contributed by atoms with Crippen molar-refractivity contribution in [2.45, 2.75) is 25.3 Å². The molecule has 0 bridgehead atoms. The van der Waals surface area contributed by atoms with Crippen LogP contribution in [0.1, 0.15) is 35.2 Å². The SMILES string of the molecule is CC1CC(c2ccc(F)cc2)CN1c1ccc(C(=O)N2CCS(=O)(=O)CC2)cn1. The molecular weight excluding hydrogens is 393 g/mol. The Kier molecular flexibility index (Phi) is 5.29. The van der Waals surface area contributed by atoms with Gasteiger partial charge in [-0.1, -0.05) is 12.1 Å². The molecule has 3 heterocycles. The summed E-state index contributed by atoms with van der Waals surface area (Å²) < 4.78 is 36.3. The van der Waals surface area contributed by atoms with Gasteiger partial charge in [0.05, 0.1) is 17.1 Å². The zero-order valence-electron chi connectivity index (χ0n) is 16.3. The van der Waals surface area contributed by atoms with Crippen molar-refractivity contribution in [3.63, 3.8) is 0 Å². The van der Waals surface area contributed by atoms with Gasteiger partial charge in [0, 0.05) is 37.8 Å². The Morgan fingerprint density at radius 3 is 2.41 bits per heavy atom. The van der Waals surface area contributed by atoms with E-state index in [0.29, 0.717) is 11.5 Å². The van der Waals surface area contributed by atoms with Gasteiger partial charge in [0.25, 0.3) is 5.91 Å². The minimum atomic E-state index is -3.02. The summed E-state index contributed by atoms with van der Waals surface area (Å²) in [5, 5.41) is 0. The Bertz CT molecular complexity index is 979. The fourth-order valence-corrected chi connectivity index (χ4v) is 5.31. The average Bonchev–Trinajstić information content (AvgIpc) is 3.10. The van der Waals surface area contributed by atoms with Crippen LogP contribution in [0.5, 0.6) is 0 Å². The second-order valence-corrected chi connectivity index (χ2v) is 10.1. The third-order valence-electron chi connectivity index (χ3n) is 5.84. The van der Waals surface area contributed by atoms with Gasteiger partial charge in [0.15, 0.2) is 9.84 Å². The molecule has 2 aromatic rings. The highest BCUT2D eigenvalue weighted by Gasteiger charge is 2.31. The molecule has 6 nitrogen and oxygen atoms in total.